The molecule has 4 saturated carbocycles. The molecule has 1 aromatic carbocycles. The lowest BCUT2D eigenvalue weighted by Crippen LogP contribution is -2.52. The summed E-state index contributed by atoms with van der Waals surface area (Å²) in [7, 11) is 1.73. The van der Waals surface area contributed by atoms with Crippen molar-refractivity contribution in [1.29, 1.82) is 0 Å². The molecule has 9 heteroatoms. The standard InChI is InChI=1S/C42H56N4O5/c1-7-32-15-23-45(32)39(48)51-33-11-8-29(9-12-33)37(47)46(36-25-30(14-22-43-36)34-26-50-38(44-34)40(3,4)5)27-41-16-19-42(20-17-41,21-18-41)31-10-13-35(49-6)28(2)24-31/h10,13-14,22,24-26,29,32-33H,7-9,11-12,15-21,23,27H2,1-6H3/t29-,32-,33-,41?,42?/m1/s1. The van der Waals surface area contributed by atoms with Crippen molar-refractivity contribution in [3.63, 3.8) is 0 Å². The smallest absolute Gasteiger partial charge is 0.410 e. The number of hydrogen-bond donors (Lipinski definition) is 0. The minimum Gasteiger partial charge on any atom is -0.496 e. The van der Waals surface area contributed by atoms with Crippen LogP contribution in [0.1, 0.15) is 122 Å². The Bertz CT molecular complexity index is 1710. The van der Waals surface area contributed by atoms with Crippen LogP contribution in [0.15, 0.2) is 47.2 Å². The fourth-order valence-corrected chi connectivity index (χ4v) is 9.19. The molecule has 8 rings (SSSR count). The fourth-order valence-electron chi connectivity index (χ4n) is 9.19. The molecule has 0 unspecified atom stereocenters. The topological polar surface area (TPSA) is 98.0 Å². The first kappa shape index (κ1) is 35.5. The van der Waals surface area contributed by atoms with Crippen LogP contribution in [0, 0.1) is 18.3 Å². The monoisotopic (exact) mass is 696 g/mol. The molecule has 1 aliphatic heterocycles. The maximum Gasteiger partial charge on any atom is 0.410 e. The summed E-state index contributed by atoms with van der Waals surface area (Å²) in [6.07, 6.45) is 14.6. The average Bonchev–Trinajstić information content (AvgIpc) is 3.63. The van der Waals surface area contributed by atoms with Gasteiger partial charge in [0.2, 0.25) is 5.91 Å². The van der Waals surface area contributed by atoms with Gasteiger partial charge in [-0.05, 0) is 124 Å². The molecular weight excluding hydrogens is 640 g/mol. The van der Waals surface area contributed by atoms with Crippen LogP contribution in [0.25, 0.3) is 11.3 Å². The molecule has 3 heterocycles. The quantitative estimate of drug-likeness (QED) is 0.220. The summed E-state index contributed by atoms with van der Waals surface area (Å²) in [4.78, 5) is 41.0. The molecule has 3 aromatic rings. The van der Waals surface area contributed by atoms with Crippen LogP contribution in [0.5, 0.6) is 5.75 Å². The predicted molar refractivity (Wildman–Crippen MR) is 198 cm³/mol. The summed E-state index contributed by atoms with van der Waals surface area (Å²) in [6, 6.07) is 11.0. The maximum atomic E-state index is 14.7. The van der Waals surface area contributed by atoms with E-state index in [4.69, 9.17) is 23.9 Å². The molecule has 2 aromatic heterocycles. The van der Waals surface area contributed by atoms with Gasteiger partial charge in [-0.3, -0.25) is 9.69 Å². The summed E-state index contributed by atoms with van der Waals surface area (Å²) >= 11 is 0. The molecule has 1 saturated heterocycles. The number of carbonyl (C=O) groups is 2. The Labute approximate surface area is 303 Å². The maximum absolute atomic E-state index is 14.7. The van der Waals surface area contributed by atoms with E-state index in [0.29, 0.717) is 50.0 Å². The Kier molecular flexibility index (Phi) is 9.70. The molecule has 0 N–H and O–H groups in total. The van der Waals surface area contributed by atoms with Crippen molar-refractivity contribution in [3.8, 4) is 17.0 Å². The molecular formula is C42H56N4O5. The molecule has 9 nitrogen and oxygen atoms in total. The number of amides is 2. The van der Waals surface area contributed by atoms with Crippen molar-refractivity contribution in [2.45, 2.75) is 135 Å². The Morgan fingerprint density at radius 3 is 2.31 bits per heavy atom. The van der Waals surface area contributed by atoms with Gasteiger partial charge in [0.05, 0.1) is 7.11 Å². The minimum absolute atomic E-state index is 0.0453. The number of carbonyl (C=O) groups excluding carboxylic acids is 2. The van der Waals surface area contributed by atoms with Gasteiger partial charge in [0, 0.05) is 42.2 Å². The molecule has 0 spiro atoms. The molecule has 5 aliphatic rings. The Morgan fingerprint density at radius 1 is 1.00 bits per heavy atom. The van der Waals surface area contributed by atoms with Gasteiger partial charge in [-0.15, -0.1) is 0 Å². The van der Waals surface area contributed by atoms with Crippen LogP contribution >= 0.6 is 0 Å². The molecule has 1 atom stereocenters. The Morgan fingerprint density at radius 2 is 1.73 bits per heavy atom. The summed E-state index contributed by atoms with van der Waals surface area (Å²) in [6.45, 7) is 11.9. The zero-order valence-corrected chi connectivity index (χ0v) is 31.5. The number of benzene rings is 1. The second-order valence-electron chi connectivity index (χ2n) is 17.0. The zero-order valence-electron chi connectivity index (χ0n) is 31.5. The molecule has 51 heavy (non-hydrogen) atoms. The number of anilines is 1. The van der Waals surface area contributed by atoms with Gasteiger partial charge in [0.1, 0.15) is 29.6 Å². The van der Waals surface area contributed by atoms with Gasteiger partial charge in [0.25, 0.3) is 0 Å². The van der Waals surface area contributed by atoms with Crippen LogP contribution in [0.2, 0.25) is 0 Å². The number of hydrogen-bond acceptors (Lipinski definition) is 7. The fraction of sp³-hybridized carbons (Fsp3) is 0.619. The summed E-state index contributed by atoms with van der Waals surface area (Å²) in [5, 5.41) is 0. The van der Waals surface area contributed by atoms with Crippen molar-refractivity contribution in [2.24, 2.45) is 11.3 Å². The van der Waals surface area contributed by atoms with Gasteiger partial charge in [0.15, 0.2) is 5.89 Å². The normalized spacial score (nSPS) is 27.5. The van der Waals surface area contributed by atoms with E-state index >= 15 is 0 Å². The van der Waals surface area contributed by atoms with E-state index in [-0.39, 0.29) is 40.3 Å². The number of likely N-dealkylation sites (tertiary alicyclic amines) is 1. The van der Waals surface area contributed by atoms with Crippen LogP contribution in [-0.2, 0) is 20.4 Å². The van der Waals surface area contributed by atoms with Crippen molar-refractivity contribution in [2.75, 3.05) is 25.1 Å². The predicted octanol–water partition coefficient (Wildman–Crippen LogP) is 9.16. The first-order valence-electron chi connectivity index (χ1n) is 19.3. The molecule has 0 radical (unpaired) electrons. The first-order valence-corrected chi connectivity index (χ1v) is 19.3. The molecule has 5 fully saturated rings. The lowest BCUT2D eigenvalue weighted by molar-refractivity contribution is -0.124. The Balaban J connectivity index is 1.10. The second-order valence-corrected chi connectivity index (χ2v) is 17.0. The van der Waals surface area contributed by atoms with Crippen LogP contribution < -0.4 is 9.64 Å². The lowest BCUT2D eigenvalue weighted by Gasteiger charge is -2.55. The van der Waals surface area contributed by atoms with E-state index in [9.17, 15) is 9.59 Å². The van der Waals surface area contributed by atoms with Crippen LogP contribution in [0.4, 0.5) is 10.6 Å². The molecule has 2 bridgehead atoms. The van der Waals surface area contributed by atoms with E-state index in [2.05, 4.69) is 52.8 Å². The number of rotatable bonds is 9. The van der Waals surface area contributed by atoms with E-state index in [1.807, 2.05) is 21.9 Å². The number of ether oxygens (including phenoxy) is 2. The number of oxazole rings is 1. The highest BCUT2D eigenvalue weighted by Crippen LogP contribution is 2.58. The third kappa shape index (κ3) is 7.02. The van der Waals surface area contributed by atoms with Gasteiger partial charge in [-0.2, -0.15) is 0 Å². The third-order valence-corrected chi connectivity index (χ3v) is 12.8. The lowest BCUT2D eigenvalue weighted by atomic mass is 9.51. The number of aryl methyl sites for hydroxylation is 1. The summed E-state index contributed by atoms with van der Waals surface area (Å²) in [5.41, 5.74) is 4.27. The van der Waals surface area contributed by atoms with Gasteiger partial charge in [-0.25, -0.2) is 14.8 Å². The van der Waals surface area contributed by atoms with Gasteiger partial charge in [-0.1, -0.05) is 39.8 Å². The highest BCUT2D eigenvalue weighted by molar-refractivity contribution is 5.95. The van der Waals surface area contributed by atoms with Gasteiger partial charge < -0.3 is 18.8 Å². The van der Waals surface area contributed by atoms with Crippen LogP contribution in [0.3, 0.4) is 0 Å². The number of aromatic nitrogens is 2. The van der Waals surface area contributed by atoms with Crippen molar-refractivity contribution in [1.82, 2.24) is 14.9 Å². The van der Waals surface area contributed by atoms with Crippen molar-refractivity contribution >= 4 is 17.8 Å². The largest absolute Gasteiger partial charge is 0.496 e. The molecule has 4 aliphatic carbocycles. The van der Waals surface area contributed by atoms with Crippen molar-refractivity contribution < 1.29 is 23.5 Å². The third-order valence-electron chi connectivity index (χ3n) is 12.8. The molecule has 2 amide bonds. The number of fused-ring (bicyclic) bond motifs is 3. The highest BCUT2D eigenvalue weighted by Gasteiger charge is 2.51. The number of nitrogens with zero attached hydrogens (tertiary/aromatic N) is 4. The first-order chi connectivity index (χ1) is 24.4. The van der Waals surface area contributed by atoms with E-state index < -0.39 is 0 Å². The van der Waals surface area contributed by atoms with Crippen LogP contribution in [-0.4, -0.2) is 59.2 Å². The zero-order chi connectivity index (χ0) is 36.0. The highest BCUT2D eigenvalue weighted by atomic mass is 16.6. The molecule has 274 valence electrons. The Hall–Kier alpha value is -3.88. The van der Waals surface area contributed by atoms with Gasteiger partial charge >= 0.3 is 6.09 Å². The van der Waals surface area contributed by atoms with E-state index in [1.54, 1.807) is 19.6 Å². The average molecular weight is 697 g/mol. The summed E-state index contributed by atoms with van der Waals surface area (Å²) in [5.74, 6) is 2.30. The van der Waals surface area contributed by atoms with E-state index in [1.165, 1.54) is 11.1 Å². The summed E-state index contributed by atoms with van der Waals surface area (Å²) < 4.78 is 17.4. The van der Waals surface area contributed by atoms with E-state index in [0.717, 1.165) is 74.9 Å². The number of pyridine rings is 1. The number of methoxy groups -OCH3 is 1. The van der Waals surface area contributed by atoms with Crippen molar-refractivity contribution in [3.05, 3.63) is 59.8 Å². The SMILES string of the molecule is CC[C@@H]1CCN1C(=O)O[C@H]1CC[C@H](C(=O)N(CC23CCC(c4ccc(OC)c(C)c4)(CC2)CC3)c2cc(-c3coc(C(C)(C)C)n3)ccn2)CC1. The minimum atomic E-state index is -0.211. The second kappa shape index (κ2) is 13.9.